The van der Waals surface area contributed by atoms with Crippen LogP contribution < -0.4 is 9.80 Å². The quantitative estimate of drug-likeness (QED) is 0.0561. The smallest absolute Gasteiger partial charge is 0.138 e. The summed E-state index contributed by atoms with van der Waals surface area (Å²) in [5.41, 5.74) is 9.60. The van der Waals surface area contributed by atoms with Crippen molar-refractivity contribution < 1.29 is 0 Å². The van der Waals surface area contributed by atoms with Crippen molar-refractivity contribution in [3.8, 4) is 22.3 Å². The lowest BCUT2D eigenvalue weighted by atomic mass is 10.0. The maximum absolute atomic E-state index is 4.67. The molecule has 0 amide bonds. The second-order valence-electron chi connectivity index (χ2n) is 17.5. The van der Waals surface area contributed by atoms with E-state index in [1.807, 2.05) is 97.6 Å². The summed E-state index contributed by atoms with van der Waals surface area (Å²) in [4.78, 5) is 22.9. The summed E-state index contributed by atoms with van der Waals surface area (Å²) in [5, 5.41) is 3.20. The highest BCUT2D eigenvalue weighted by Crippen LogP contribution is 2.49. The van der Waals surface area contributed by atoms with Gasteiger partial charge in [0.15, 0.2) is 0 Å². The third-order valence-corrected chi connectivity index (χ3v) is 18.6. The van der Waals surface area contributed by atoms with Crippen molar-refractivity contribution >= 4 is 53.1 Å². The molecule has 0 N–H and O–H groups in total. The molecule has 4 aromatic heterocycles. The van der Waals surface area contributed by atoms with Gasteiger partial charge in [-0.05, 0) is 129 Å². The fourth-order valence-electron chi connectivity index (χ4n) is 9.74. The van der Waals surface area contributed by atoms with Gasteiger partial charge in [-0.3, -0.25) is 9.80 Å². The number of benzene rings is 4. The van der Waals surface area contributed by atoms with Gasteiger partial charge in [0.25, 0.3) is 0 Å². The molecule has 4 aromatic carbocycles. The lowest BCUT2D eigenvalue weighted by molar-refractivity contribution is 0.685. The summed E-state index contributed by atoms with van der Waals surface area (Å²) in [6.45, 7) is 4.64. The van der Waals surface area contributed by atoms with Crippen LogP contribution in [0.2, 0.25) is 12.1 Å². The molecular weight excluding hydrogens is 833 g/mol. The number of hydrogen-bond donors (Lipinski definition) is 0. The minimum atomic E-state index is -2.15. The maximum Gasteiger partial charge on any atom is 0.138 e. The SMILES string of the molecule is CCCCCC[Si]1(CCCCCC)C(c2ccc(-c3ccc(N(c4ccccn4)c4ccccn4)cc3)cc2)=CC=C1c1ccc(-c2ccc(N(c3ccccn3)c3ccccn3)cc2)cc1. The molecule has 67 heavy (non-hydrogen) atoms. The van der Waals surface area contributed by atoms with E-state index in [9.17, 15) is 0 Å². The Hall–Kier alpha value is -7.22. The zero-order chi connectivity index (χ0) is 45.7. The van der Waals surface area contributed by atoms with Gasteiger partial charge in [-0.25, -0.2) is 19.9 Å². The van der Waals surface area contributed by atoms with E-state index >= 15 is 0 Å². The Morgan fingerprint density at radius 2 is 0.627 bits per heavy atom. The van der Waals surface area contributed by atoms with E-state index in [4.69, 9.17) is 0 Å². The molecule has 0 spiro atoms. The van der Waals surface area contributed by atoms with E-state index in [1.54, 1.807) is 10.4 Å². The fourth-order valence-corrected chi connectivity index (χ4v) is 15.3. The van der Waals surface area contributed by atoms with Gasteiger partial charge in [0.05, 0.1) is 0 Å². The third kappa shape index (κ3) is 10.3. The summed E-state index contributed by atoms with van der Waals surface area (Å²) in [7, 11) is -2.15. The van der Waals surface area contributed by atoms with Gasteiger partial charge in [0.1, 0.15) is 31.3 Å². The molecule has 0 bridgehead atoms. The summed E-state index contributed by atoms with van der Waals surface area (Å²) < 4.78 is 0. The summed E-state index contributed by atoms with van der Waals surface area (Å²) in [6, 6.07) is 63.0. The van der Waals surface area contributed by atoms with Crippen LogP contribution >= 0.6 is 0 Å². The summed E-state index contributed by atoms with van der Waals surface area (Å²) in [6.07, 6.45) is 22.5. The number of pyridine rings is 4. The van der Waals surface area contributed by atoms with Crippen LogP contribution in [0, 0.1) is 0 Å². The van der Waals surface area contributed by atoms with Crippen molar-refractivity contribution in [1.29, 1.82) is 0 Å². The molecule has 1 aliphatic rings. The van der Waals surface area contributed by atoms with Gasteiger partial charge in [0, 0.05) is 36.2 Å². The molecule has 334 valence electrons. The summed E-state index contributed by atoms with van der Waals surface area (Å²) in [5.74, 6) is 3.34. The molecule has 1 aliphatic heterocycles. The van der Waals surface area contributed by atoms with Crippen LogP contribution in [0.25, 0.3) is 32.6 Å². The van der Waals surface area contributed by atoms with Crippen LogP contribution in [0.3, 0.4) is 0 Å². The van der Waals surface area contributed by atoms with E-state index in [1.165, 1.54) is 96.8 Å². The van der Waals surface area contributed by atoms with Crippen LogP contribution in [0.15, 0.2) is 207 Å². The molecule has 9 rings (SSSR count). The number of aromatic nitrogens is 4. The number of hydrogen-bond acceptors (Lipinski definition) is 6. The number of nitrogens with zero attached hydrogens (tertiary/aromatic N) is 6. The first-order valence-electron chi connectivity index (χ1n) is 24.2. The summed E-state index contributed by atoms with van der Waals surface area (Å²) >= 11 is 0. The minimum Gasteiger partial charge on any atom is -0.279 e. The molecule has 0 saturated heterocycles. The molecule has 6 nitrogen and oxygen atoms in total. The van der Waals surface area contributed by atoms with Gasteiger partial charge in [0.2, 0.25) is 0 Å². The van der Waals surface area contributed by atoms with Gasteiger partial charge in [-0.1, -0.05) is 174 Å². The Kier molecular flexibility index (Phi) is 14.7. The molecule has 0 aliphatic carbocycles. The van der Waals surface area contributed by atoms with Gasteiger partial charge < -0.3 is 0 Å². The number of unbranched alkanes of at least 4 members (excludes halogenated alkanes) is 6. The highest BCUT2D eigenvalue weighted by molar-refractivity contribution is 7.11. The maximum atomic E-state index is 4.67. The Morgan fingerprint density at radius 3 is 0.910 bits per heavy atom. The standard InChI is InChI=1S/C60H60N6Si/c1-3-5-7-17-45-67(46-18-8-6-4-2)55(51-27-23-47(24-28-51)49-31-35-53(36-32-49)65(57-19-9-13-41-61-57)58-20-10-14-42-62-58)39-40-56(67)52-29-25-48(26-30-52)50-33-37-54(38-34-50)66(59-21-11-15-43-63-59)60-22-12-16-44-64-60/h9-16,19-44H,3-8,17-18,45-46H2,1-2H3. The van der Waals surface area contributed by atoms with E-state index in [2.05, 4.69) is 153 Å². The monoisotopic (exact) mass is 892 g/mol. The zero-order valence-electron chi connectivity index (χ0n) is 38.9. The second-order valence-corrected chi connectivity index (χ2v) is 21.8. The highest BCUT2D eigenvalue weighted by atomic mass is 28.3. The lowest BCUT2D eigenvalue weighted by Gasteiger charge is -2.35. The molecule has 5 heterocycles. The molecule has 8 aromatic rings. The van der Waals surface area contributed by atoms with E-state index in [0.717, 1.165) is 34.6 Å². The van der Waals surface area contributed by atoms with Crippen LogP contribution in [0.1, 0.15) is 76.3 Å². The topological polar surface area (TPSA) is 58.0 Å². The van der Waals surface area contributed by atoms with Gasteiger partial charge in [-0.2, -0.15) is 0 Å². The third-order valence-electron chi connectivity index (χ3n) is 13.2. The number of allylic oxidation sites excluding steroid dienone is 2. The van der Waals surface area contributed by atoms with Crippen LogP contribution in [-0.4, -0.2) is 28.0 Å². The van der Waals surface area contributed by atoms with Gasteiger partial charge >= 0.3 is 0 Å². The van der Waals surface area contributed by atoms with Crippen molar-refractivity contribution in [2.45, 2.75) is 77.3 Å². The number of anilines is 6. The van der Waals surface area contributed by atoms with E-state index in [-0.39, 0.29) is 0 Å². The predicted molar refractivity (Wildman–Crippen MR) is 284 cm³/mol. The molecule has 0 unspecified atom stereocenters. The molecular formula is C60H60N6Si. The van der Waals surface area contributed by atoms with Gasteiger partial charge in [-0.15, -0.1) is 0 Å². The Morgan fingerprint density at radius 1 is 0.328 bits per heavy atom. The molecule has 0 atom stereocenters. The van der Waals surface area contributed by atoms with Crippen LogP contribution in [0.4, 0.5) is 34.6 Å². The van der Waals surface area contributed by atoms with E-state index in [0.29, 0.717) is 0 Å². The molecule has 0 radical (unpaired) electrons. The average molecular weight is 893 g/mol. The first-order valence-corrected chi connectivity index (χ1v) is 26.7. The number of rotatable bonds is 20. The van der Waals surface area contributed by atoms with Crippen LogP contribution in [0.5, 0.6) is 0 Å². The minimum absolute atomic E-state index is 0.834. The largest absolute Gasteiger partial charge is 0.279 e. The fraction of sp³-hybridized carbons (Fsp3) is 0.200. The Balaban J connectivity index is 0.985. The first kappa shape index (κ1) is 45.0. The molecule has 0 fully saturated rings. The first-order chi connectivity index (χ1) is 33.1. The van der Waals surface area contributed by atoms with Crippen molar-refractivity contribution in [1.82, 2.24) is 19.9 Å². The van der Waals surface area contributed by atoms with Crippen molar-refractivity contribution in [3.63, 3.8) is 0 Å². The molecule has 0 saturated carbocycles. The van der Waals surface area contributed by atoms with E-state index < -0.39 is 8.07 Å². The Bertz CT molecular complexity index is 2550. The van der Waals surface area contributed by atoms with Crippen molar-refractivity contribution in [3.05, 3.63) is 218 Å². The zero-order valence-corrected chi connectivity index (χ0v) is 39.9. The normalized spacial score (nSPS) is 12.9. The predicted octanol–water partition coefficient (Wildman–Crippen LogP) is 16.7. The van der Waals surface area contributed by atoms with Crippen LogP contribution in [-0.2, 0) is 0 Å². The lowest BCUT2D eigenvalue weighted by Crippen LogP contribution is -2.36. The Labute approximate surface area is 398 Å². The average Bonchev–Trinajstić information content (AvgIpc) is 3.77. The van der Waals surface area contributed by atoms with Crippen molar-refractivity contribution in [2.24, 2.45) is 0 Å². The van der Waals surface area contributed by atoms with Crippen molar-refractivity contribution in [2.75, 3.05) is 9.80 Å². The molecule has 7 heteroatoms. The second kappa shape index (κ2) is 21.8. The highest BCUT2D eigenvalue weighted by Gasteiger charge is 2.43.